The first-order valence-corrected chi connectivity index (χ1v) is 7.96. The molecule has 2 aliphatic heterocycles. The maximum atomic E-state index is 5.68. The van der Waals surface area contributed by atoms with Gasteiger partial charge in [-0.25, -0.2) is 0 Å². The molecule has 20 heavy (non-hydrogen) atoms. The van der Waals surface area contributed by atoms with Gasteiger partial charge in [0.25, 0.3) is 0 Å². The topological polar surface area (TPSA) is 12.5 Å². The molecule has 2 nitrogen and oxygen atoms in total. The molecular weight excluding hydrogens is 246 g/mol. The lowest BCUT2D eigenvalue weighted by atomic mass is 9.81. The zero-order valence-corrected chi connectivity index (χ0v) is 14.5. The van der Waals surface area contributed by atoms with E-state index in [1.807, 2.05) is 0 Å². The van der Waals surface area contributed by atoms with Crippen molar-refractivity contribution in [3.63, 3.8) is 0 Å². The molecular formula is C18H31NO. The third-order valence-corrected chi connectivity index (χ3v) is 4.73. The Kier molecular flexibility index (Phi) is 4.19. The zero-order chi connectivity index (χ0) is 15.2. The number of hydrogen-bond donors (Lipinski definition) is 0. The molecule has 2 fully saturated rings. The highest BCUT2D eigenvalue weighted by Gasteiger charge is 2.58. The van der Waals surface area contributed by atoms with Gasteiger partial charge in [0.05, 0.1) is 18.8 Å². The second-order valence-electron chi connectivity index (χ2n) is 7.50. The molecule has 114 valence electrons. The van der Waals surface area contributed by atoms with Gasteiger partial charge >= 0.3 is 0 Å². The summed E-state index contributed by atoms with van der Waals surface area (Å²) in [6.45, 7) is 20.1. The first-order valence-electron chi connectivity index (χ1n) is 7.96. The summed E-state index contributed by atoms with van der Waals surface area (Å²) in [7, 11) is 0. The van der Waals surface area contributed by atoms with E-state index in [1.54, 1.807) is 11.1 Å². The molecule has 2 heterocycles. The van der Waals surface area contributed by atoms with E-state index in [2.05, 4.69) is 60.3 Å². The lowest BCUT2D eigenvalue weighted by Crippen LogP contribution is -2.63. The third kappa shape index (κ3) is 2.08. The smallest absolute Gasteiger partial charge is 0.0943 e. The summed E-state index contributed by atoms with van der Waals surface area (Å²) in [6, 6.07) is 1.06. The molecule has 0 amide bonds. The molecule has 2 saturated heterocycles. The Bertz CT molecular complexity index is 444. The maximum Gasteiger partial charge on any atom is 0.0943 e. The molecule has 1 atom stereocenters. The molecule has 0 N–H and O–H groups in total. The van der Waals surface area contributed by atoms with E-state index in [0.29, 0.717) is 18.0 Å². The second kappa shape index (κ2) is 5.31. The van der Waals surface area contributed by atoms with E-state index in [4.69, 9.17) is 4.74 Å². The number of likely N-dealkylation sites (tertiary alicyclic amines) is 1. The van der Waals surface area contributed by atoms with Crippen LogP contribution < -0.4 is 0 Å². The van der Waals surface area contributed by atoms with Gasteiger partial charge in [0, 0.05) is 12.1 Å². The fourth-order valence-electron chi connectivity index (χ4n) is 4.27. The van der Waals surface area contributed by atoms with Crippen molar-refractivity contribution in [3.8, 4) is 0 Å². The van der Waals surface area contributed by atoms with Crippen LogP contribution in [0.1, 0.15) is 55.4 Å². The van der Waals surface area contributed by atoms with Gasteiger partial charge < -0.3 is 4.74 Å². The minimum Gasteiger partial charge on any atom is -0.377 e. The molecule has 2 aliphatic rings. The molecule has 0 bridgehead atoms. The Morgan fingerprint density at radius 2 is 1.60 bits per heavy atom. The van der Waals surface area contributed by atoms with E-state index in [1.165, 1.54) is 11.1 Å². The summed E-state index contributed by atoms with van der Waals surface area (Å²) < 4.78 is 5.68. The van der Waals surface area contributed by atoms with Crippen LogP contribution in [-0.2, 0) is 4.74 Å². The van der Waals surface area contributed by atoms with E-state index in [-0.39, 0.29) is 5.54 Å². The van der Waals surface area contributed by atoms with Crippen molar-refractivity contribution in [2.45, 2.75) is 73.0 Å². The number of nitrogens with zero attached hydrogens (tertiary/aromatic N) is 1. The number of allylic oxidation sites excluding steroid dienone is 2. The summed E-state index contributed by atoms with van der Waals surface area (Å²) >= 11 is 0. The Morgan fingerprint density at radius 3 is 1.85 bits per heavy atom. The predicted octanol–water partition coefficient (Wildman–Crippen LogP) is 4.18. The maximum absolute atomic E-state index is 5.68. The highest BCUT2D eigenvalue weighted by molar-refractivity contribution is 5.54. The molecule has 0 aromatic heterocycles. The standard InChI is InChI=1S/C18H31NO/c1-11(2)15-16(12(3)4)18(9-20-10-18)19(14(7)8)17(15)13(5)6/h13-14,17H,9-10H2,1-8H3. The largest absolute Gasteiger partial charge is 0.377 e. The van der Waals surface area contributed by atoms with Crippen molar-refractivity contribution in [1.29, 1.82) is 0 Å². The van der Waals surface area contributed by atoms with E-state index in [0.717, 1.165) is 13.2 Å². The first kappa shape index (κ1) is 15.8. The number of hydrogen-bond acceptors (Lipinski definition) is 2. The minimum absolute atomic E-state index is 0.133. The lowest BCUT2D eigenvalue weighted by molar-refractivity contribution is -0.128. The third-order valence-electron chi connectivity index (χ3n) is 4.73. The Balaban J connectivity index is 2.69. The highest BCUT2D eigenvalue weighted by atomic mass is 16.5. The zero-order valence-electron chi connectivity index (χ0n) is 14.5. The van der Waals surface area contributed by atoms with E-state index < -0.39 is 0 Å². The molecule has 0 radical (unpaired) electrons. The van der Waals surface area contributed by atoms with Crippen LogP contribution in [0.25, 0.3) is 0 Å². The predicted molar refractivity (Wildman–Crippen MR) is 85.9 cm³/mol. The van der Waals surface area contributed by atoms with Gasteiger partial charge in [0.2, 0.25) is 0 Å². The van der Waals surface area contributed by atoms with Gasteiger partial charge in [-0.05, 0) is 58.6 Å². The van der Waals surface area contributed by atoms with Crippen molar-refractivity contribution < 1.29 is 4.74 Å². The van der Waals surface area contributed by atoms with Gasteiger partial charge in [-0.3, -0.25) is 4.90 Å². The van der Waals surface area contributed by atoms with Gasteiger partial charge in [-0.15, -0.1) is 0 Å². The molecule has 0 aromatic carbocycles. The molecule has 2 rings (SSSR count). The van der Waals surface area contributed by atoms with Crippen molar-refractivity contribution >= 4 is 0 Å². The first-order chi connectivity index (χ1) is 9.24. The van der Waals surface area contributed by atoms with Crippen LogP contribution in [0, 0.1) is 5.92 Å². The normalized spacial score (nSPS) is 25.8. The van der Waals surface area contributed by atoms with Crippen LogP contribution >= 0.6 is 0 Å². The monoisotopic (exact) mass is 277 g/mol. The molecule has 0 aliphatic carbocycles. The average molecular weight is 277 g/mol. The van der Waals surface area contributed by atoms with Gasteiger partial charge in [-0.1, -0.05) is 25.0 Å². The van der Waals surface area contributed by atoms with Crippen molar-refractivity contribution in [3.05, 3.63) is 22.3 Å². The molecule has 2 heteroatoms. The molecule has 1 spiro atoms. The van der Waals surface area contributed by atoms with Crippen molar-refractivity contribution in [2.24, 2.45) is 5.92 Å². The summed E-state index contributed by atoms with van der Waals surface area (Å²) in [4.78, 5) is 2.73. The van der Waals surface area contributed by atoms with Crippen LogP contribution in [0.2, 0.25) is 0 Å². The number of rotatable bonds is 2. The van der Waals surface area contributed by atoms with Crippen LogP contribution in [0.15, 0.2) is 22.3 Å². The van der Waals surface area contributed by atoms with Gasteiger partial charge in [0.15, 0.2) is 0 Å². The Labute approximate surface area is 124 Å². The van der Waals surface area contributed by atoms with Crippen LogP contribution in [-0.4, -0.2) is 35.7 Å². The minimum atomic E-state index is 0.133. The SMILES string of the molecule is CC(C)=C1C(=C(C)C)C2(COC2)N(C(C)C)C1C(C)C. The quantitative estimate of drug-likeness (QED) is 0.751. The summed E-state index contributed by atoms with van der Waals surface area (Å²) in [6.07, 6.45) is 0. The summed E-state index contributed by atoms with van der Waals surface area (Å²) in [5.74, 6) is 0.622. The summed E-state index contributed by atoms with van der Waals surface area (Å²) in [5, 5.41) is 0. The molecule has 0 saturated carbocycles. The van der Waals surface area contributed by atoms with Gasteiger partial charge in [-0.2, -0.15) is 0 Å². The fourth-order valence-corrected chi connectivity index (χ4v) is 4.27. The van der Waals surface area contributed by atoms with Crippen LogP contribution in [0.3, 0.4) is 0 Å². The van der Waals surface area contributed by atoms with Gasteiger partial charge in [0.1, 0.15) is 0 Å². The van der Waals surface area contributed by atoms with E-state index >= 15 is 0 Å². The Hall–Kier alpha value is -0.600. The summed E-state index contributed by atoms with van der Waals surface area (Å²) in [5.41, 5.74) is 6.20. The lowest BCUT2D eigenvalue weighted by Gasteiger charge is -2.50. The average Bonchev–Trinajstić information content (AvgIpc) is 2.59. The fraction of sp³-hybridized carbons (Fsp3) is 0.778. The molecule has 0 aromatic rings. The van der Waals surface area contributed by atoms with Crippen molar-refractivity contribution in [2.75, 3.05) is 13.2 Å². The van der Waals surface area contributed by atoms with Crippen molar-refractivity contribution in [1.82, 2.24) is 4.90 Å². The number of ether oxygens (including phenoxy) is 1. The van der Waals surface area contributed by atoms with E-state index in [9.17, 15) is 0 Å². The second-order valence-corrected chi connectivity index (χ2v) is 7.50. The molecule has 1 unspecified atom stereocenters. The van der Waals surface area contributed by atoms with Crippen LogP contribution in [0.5, 0.6) is 0 Å². The Morgan fingerprint density at radius 1 is 1.05 bits per heavy atom. The highest BCUT2D eigenvalue weighted by Crippen LogP contribution is 2.52. The van der Waals surface area contributed by atoms with Crippen LogP contribution in [0.4, 0.5) is 0 Å².